The van der Waals surface area contributed by atoms with E-state index in [9.17, 15) is 9.59 Å². The van der Waals surface area contributed by atoms with Gasteiger partial charge in [0.05, 0.1) is 5.92 Å². The standard InChI is InChI=1S/C16H19NO4/c18-15(13-8-4-7-12-9-14(12)13)21-17-16(19)20-10-11-5-2-1-3-6-11/h1-3,5-6,12-14H,4,7-10H2,(H,17,19). The van der Waals surface area contributed by atoms with E-state index in [0.717, 1.165) is 24.8 Å². The fraction of sp³-hybridized carbons (Fsp3) is 0.500. The molecule has 3 rings (SSSR count). The fourth-order valence-corrected chi connectivity index (χ4v) is 3.12. The van der Waals surface area contributed by atoms with Crippen molar-refractivity contribution in [3.05, 3.63) is 35.9 Å². The monoisotopic (exact) mass is 289 g/mol. The number of hydrogen-bond donors (Lipinski definition) is 1. The predicted octanol–water partition coefficient (Wildman–Crippen LogP) is 2.81. The maximum atomic E-state index is 11.9. The number of hydrogen-bond acceptors (Lipinski definition) is 4. The summed E-state index contributed by atoms with van der Waals surface area (Å²) in [5.74, 6) is 0.770. The number of rotatable bonds is 3. The van der Waals surface area contributed by atoms with E-state index in [2.05, 4.69) is 5.48 Å². The summed E-state index contributed by atoms with van der Waals surface area (Å²) in [5.41, 5.74) is 2.96. The van der Waals surface area contributed by atoms with Gasteiger partial charge >= 0.3 is 12.1 Å². The third kappa shape index (κ3) is 3.54. The van der Waals surface area contributed by atoms with Gasteiger partial charge < -0.3 is 9.57 Å². The molecule has 1 N–H and O–H groups in total. The van der Waals surface area contributed by atoms with Gasteiger partial charge in [-0.15, -0.1) is 5.48 Å². The maximum Gasteiger partial charge on any atom is 0.441 e. The van der Waals surface area contributed by atoms with Crippen molar-refractivity contribution < 1.29 is 19.2 Å². The predicted molar refractivity (Wildman–Crippen MR) is 74.8 cm³/mol. The molecule has 2 fully saturated rings. The summed E-state index contributed by atoms with van der Waals surface area (Å²) in [7, 11) is 0. The molecule has 0 heterocycles. The molecule has 3 atom stereocenters. The summed E-state index contributed by atoms with van der Waals surface area (Å²) in [6, 6.07) is 9.33. The van der Waals surface area contributed by atoms with Crippen LogP contribution in [0.2, 0.25) is 0 Å². The number of carbonyl (C=O) groups excluding carboxylic acids is 2. The number of amides is 1. The lowest BCUT2D eigenvalue weighted by Gasteiger charge is -2.19. The molecule has 0 aromatic heterocycles. The molecule has 3 unspecified atom stereocenters. The SMILES string of the molecule is O=C(NOC(=O)C1CCCC2CC21)OCc1ccccc1. The molecule has 0 saturated heterocycles. The largest absolute Gasteiger partial charge is 0.443 e. The highest BCUT2D eigenvalue weighted by atomic mass is 16.7. The Kier molecular flexibility index (Phi) is 4.08. The zero-order chi connectivity index (χ0) is 14.7. The third-order valence-corrected chi connectivity index (χ3v) is 4.33. The number of benzene rings is 1. The van der Waals surface area contributed by atoms with Crippen molar-refractivity contribution >= 4 is 12.1 Å². The second-order valence-electron chi connectivity index (χ2n) is 5.78. The molecular weight excluding hydrogens is 270 g/mol. The van der Waals surface area contributed by atoms with Crippen LogP contribution in [0.25, 0.3) is 0 Å². The summed E-state index contributed by atoms with van der Waals surface area (Å²) in [6.45, 7) is 0.151. The summed E-state index contributed by atoms with van der Waals surface area (Å²) >= 11 is 0. The highest BCUT2D eigenvalue weighted by molar-refractivity contribution is 5.76. The lowest BCUT2D eigenvalue weighted by atomic mass is 9.89. The molecule has 21 heavy (non-hydrogen) atoms. The lowest BCUT2D eigenvalue weighted by Crippen LogP contribution is -2.32. The van der Waals surface area contributed by atoms with E-state index in [4.69, 9.17) is 9.57 Å². The summed E-state index contributed by atoms with van der Waals surface area (Å²) in [5, 5.41) is 0. The number of carbonyl (C=O) groups is 2. The minimum absolute atomic E-state index is 0.0572. The molecule has 2 aliphatic carbocycles. The van der Waals surface area contributed by atoms with E-state index in [0.29, 0.717) is 11.8 Å². The number of hydroxylamine groups is 1. The molecular formula is C16H19NO4. The van der Waals surface area contributed by atoms with Crippen molar-refractivity contribution in [2.24, 2.45) is 17.8 Å². The molecule has 0 radical (unpaired) electrons. The minimum Gasteiger partial charge on any atom is -0.443 e. The van der Waals surface area contributed by atoms with Crippen LogP contribution in [0.5, 0.6) is 0 Å². The molecule has 1 amide bonds. The Balaban J connectivity index is 1.38. The van der Waals surface area contributed by atoms with Gasteiger partial charge in [-0.25, -0.2) is 9.59 Å². The van der Waals surface area contributed by atoms with Gasteiger partial charge in [0.1, 0.15) is 6.61 Å². The van der Waals surface area contributed by atoms with Gasteiger partial charge in [0.2, 0.25) is 0 Å². The molecule has 1 aromatic rings. The van der Waals surface area contributed by atoms with E-state index in [1.807, 2.05) is 30.3 Å². The first-order chi connectivity index (χ1) is 10.2. The number of fused-ring (bicyclic) bond motifs is 1. The first-order valence-corrected chi connectivity index (χ1v) is 7.41. The van der Waals surface area contributed by atoms with Crippen LogP contribution in [0.15, 0.2) is 30.3 Å². The van der Waals surface area contributed by atoms with Crippen molar-refractivity contribution in [1.29, 1.82) is 0 Å². The van der Waals surface area contributed by atoms with Crippen LogP contribution in [0.4, 0.5) is 4.79 Å². The molecule has 0 aliphatic heterocycles. The van der Waals surface area contributed by atoms with Gasteiger partial charge in [0.25, 0.3) is 0 Å². The molecule has 0 spiro atoms. The molecule has 2 saturated carbocycles. The van der Waals surface area contributed by atoms with Crippen LogP contribution in [-0.2, 0) is 21.0 Å². The van der Waals surface area contributed by atoms with Gasteiger partial charge in [-0.1, -0.05) is 43.2 Å². The zero-order valence-corrected chi connectivity index (χ0v) is 11.8. The first-order valence-electron chi connectivity index (χ1n) is 7.41. The summed E-state index contributed by atoms with van der Waals surface area (Å²) < 4.78 is 4.98. The van der Waals surface area contributed by atoms with E-state index in [-0.39, 0.29) is 18.5 Å². The zero-order valence-electron chi connectivity index (χ0n) is 11.8. The molecule has 5 heteroatoms. The molecule has 0 bridgehead atoms. The highest BCUT2D eigenvalue weighted by Gasteiger charge is 2.48. The normalized spacial score (nSPS) is 26.4. The smallest absolute Gasteiger partial charge is 0.441 e. The van der Waals surface area contributed by atoms with E-state index in [1.165, 1.54) is 6.42 Å². The van der Waals surface area contributed by atoms with E-state index < -0.39 is 6.09 Å². The quantitative estimate of drug-likeness (QED) is 0.869. The first kappa shape index (κ1) is 13.9. The highest BCUT2D eigenvalue weighted by Crippen LogP contribution is 2.52. The Morgan fingerprint density at radius 3 is 2.81 bits per heavy atom. The fourth-order valence-electron chi connectivity index (χ4n) is 3.12. The van der Waals surface area contributed by atoms with Crippen molar-refractivity contribution in [3.8, 4) is 0 Å². The van der Waals surface area contributed by atoms with E-state index in [1.54, 1.807) is 0 Å². The topological polar surface area (TPSA) is 64.6 Å². The minimum atomic E-state index is -0.740. The van der Waals surface area contributed by atoms with Crippen molar-refractivity contribution in [3.63, 3.8) is 0 Å². The molecule has 5 nitrogen and oxygen atoms in total. The number of nitrogens with one attached hydrogen (secondary N) is 1. The Labute approximate surface area is 123 Å². The summed E-state index contributed by atoms with van der Waals surface area (Å²) in [6.07, 6.45) is 3.54. The average Bonchev–Trinajstić information content (AvgIpc) is 3.31. The second kappa shape index (κ2) is 6.16. The van der Waals surface area contributed by atoms with Crippen molar-refractivity contribution in [2.75, 3.05) is 0 Å². The third-order valence-electron chi connectivity index (χ3n) is 4.33. The number of ether oxygens (including phenoxy) is 1. The van der Waals surface area contributed by atoms with Crippen LogP contribution >= 0.6 is 0 Å². The van der Waals surface area contributed by atoms with Crippen LogP contribution in [-0.4, -0.2) is 12.1 Å². The van der Waals surface area contributed by atoms with Gasteiger partial charge in [0.15, 0.2) is 0 Å². The Bertz CT molecular complexity index is 516. The Hall–Kier alpha value is -2.04. The van der Waals surface area contributed by atoms with Gasteiger partial charge in [-0.05, 0) is 30.2 Å². The van der Waals surface area contributed by atoms with Crippen LogP contribution in [0, 0.1) is 17.8 Å². The maximum absolute atomic E-state index is 11.9. The second-order valence-corrected chi connectivity index (χ2v) is 5.78. The van der Waals surface area contributed by atoms with E-state index >= 15 is 0 Å². The van der Waals surface area contributed by atoms with Gasteiger partial charge in [0, 0.05) is 0 Å². The molecule has 1 aromatic carbocycles. The average molecular weight is 289 g/mol. The van der Waals surface area contributed by atoms with Gasteiger partial charge in [-0.3, -0.25) is 0 Å². The lowest BCUT2D eigenvalue weighted by molar-refractivity contribution is -0.156. The van der Waals surface area contributed by atoms with Crippen molar-refractivity contribution in [1.82, 2.24) is 5.48 Å². The van der Waals surface area contributed by atoms with Crippen LogP contribution < -0.4 is 5.48 Å². The van der Waals surface area contributed by atoms with Crippen LogP contribution in [0.3, 0.4) is 0 Å². The molecule has 2 aliphatic rings. The van der Waals surface area contributed by atoms with Crippen LogP contribution in [0.1, 0.15) is 31.2 Å². The Morgan fingerprint density at radius 1 is 1.19 bits per heavy atom. The van der Waals surface area contributed by atoms with Gasteiger partial charge in [-0.2, -0.15) is 0 Å². The van der Waals surface area contributed by atoms with Crippen molar-refractivity contribution in [2.45, 2.75) is 32.3 Å². The molecule has 112 valence electrons. The summed E-state index contributed by atoms with van der Waals surface area (Å²) in [4.78, 5) is 28.3. The Morgan fingerprint density at radius 2 is 2.00 bits per heavy atom.